The summed E-state index contributed by atoms with van der Waals surface area (Å²) in [6.07, 6.45) is 1.95. The maximum absolute atomic E-state index is 13.0. The van der Waals surface area contributed by atoms with Gasteiger partial charge in [-0.15, -0.1) is 0 Å². The predicted molar refractivity (Wildman–Crippen MR) is 108 cm³/mol. The SMILES string of the molecule is O=C(O)C(F)(F)F.O=C(O)c1ccc2c(c1)C1(CCCCC1)CN2C(=O)c1ccccn1. The van der Waals surface area contributed by atoms with E-state index in [0.717, 1.165) is 36.9 Å². The molecule has 7 nitrogen and oxygen atoms in total. The summed E-state index contributed by atoms with van der Waals surface area (Å²) in [6.45, 7) is 0.612. The number of pyridine rings is 1. The zero-order valence-corrected chi connectivity index (χ0v) is 16.9. The fraction of sp³-hybridized carbons (Fsp3) is 0.364. The average Bonchev–Trinajstić information content (AvgIpc) is 3.07. The number of aromatic nitrogens is 1. The lowest BCUT2D eigenvalue weighted by molar-refractivity contribution is -0.192. The van der Waals surface area contributed by atoms with Gasteiger partial charge >= 0.3 is 18.1 Å². The van der Waals surface area contributed by atoms with Crippen molar-refractivity contribution in [3.63, 3.8) is 0 Å². The van der Waals surface area contributed by atoms with E-state index in [1.807, 2.05) is 0 Å². The highest BCUT2D eigenvalue weighted by molar-refractivity contribution is 6.07. The highest BCUT2D eigenvalue weighted by atomic mass is 19.4. The number of alkyl halides is 3. The van der Waals surface area contributed by atoms with Crippen LogP contribution in [-0.2, 0) is 10.2 Å². The highest BCUT2D eigenvalue weighted by Gasteiger charge is 2.45. The van der Waals surface area contributed by atoms with E-state index in [2.05, 4.69) is 4.98 Å². The van der Waals surface area contributed by atoms with Crippen LogP contribution < -0.4 is 4.90 Å². The Morgan fingerprint density at radius 2 is 1.66 bits per heavy atom. The molecule has 32 heavy (non-hydrogen) atoms. The molecule has 2 N–H and O–H groups in total. The number of aliphatic carboxylic acids is 1. The van der Waals surface area contributed by atoms with E-state index >= 15 is 0 Å². The largest absolute Gasteiger partial charge is 0.490 e. The van der Waals surface area contributed by atoms with Gasteiger partial charge < -0.3 is 15.1 Å². The normalized spacial score (nSPS) is 16.7. The molecule has 1 aliphatic heterocycles. The number of carbonyl (C=O) groups excluding carboxylic acids is 1. The van der Waals surface area contributed by atoms with Gasteiger partial charge in [0, 0.05) is 23.8 Å². The summed E-state index contributed by atoms with van der Waals surface area (Å²) in [4.78, 5) is 39.3. The van der Waals surface area contributed by atoms with Crippen molar-refractivity contribution in [2.45, 2.75) is 43.7 Å². The fourth-order valence-corrected chi connectivity index (χ4v) is 4.27. The second-order valence-corrected chi connectivity index (χ2v) is 7.79. The molecule has 1 aliphatic carbocycles. The Hall–Kier alpha value is -3.43. The zero-order chi connectivity index (χ0) is 23.5. The number of carbonyl (C=O) groups is 3. The summed E-state index contributed by atoms with van der Waals surface area (Å²) in [5.41, 5.74) is 2.43. The van der Waals surface area contributed by atoms with Crippen molar-refractivity contribution >= 4 is 23.5 Å². The Kier molecular flexibility index (Phi) is 6.52. The number of amides is 1. The number of nitrogens with zero attached hydrogens (tertiary/aromatic N) is 2. The van der Waals surface area contributed by atoms with Gasteiger partial charge in [0.15, 0.2) is 0 Å². The third-order valence-electron chi connectivity index (χ3n) is 5.75. The lowest BCUT2D eigenvalue weighted by Gasteiger charge is -2.34. The summed E-state index contributed by atoms with van der Waals surface area (Å²) in [7, 11) is 0. The second kappa shape index (κ2) is 8.97. The maximum atomic E-state index is 13.0. The van der Waals surface area contributed by atoms with Crippen molar-refractivity contribution in [3.8, 4) is 0 Å². The number of fused-ring (bicyclic) bond motifs is 2. The first-order valence-corrected chi connectivity index (χ1v) is 9.96. The van der Waals surface area contributed by atoms with Crippen LogP contribution in [0.4, 0.5) is 18.9 Å². The lowest BCUT2D eigenvalue weighted by Crippen LogP contribution is -2.38. The molecular formula is C22H21F3N2O5. The van der Waals surface area contributed by atoms with Gasteiger partial charge in [-0.2, -0.15) is 13.2 Å². The molecule has 2 aromatic rings. The van der Waals surface area contributed by atoms with Gasteiger partial charge in [-0.25, -0.2) is 9.59 Å². The first-order chi connectivity index (χ1) is 15.0. The minimum Gasteiger partial charge on any atom is -0.478 e. The third-order valence-corrected chi connectivity index (χ3v) is 5.75. The van der Waals surface area contributed by atoms with Crippen LogP contribution in [0.25, 0.3) is 0 Å². The molecule has 0 radical (unpaired) electrons. The quantitative estimate of drug-likeness (QED) is 0.707. The third kappa shape index (κ3) is 4.74. The van der Waals surface area contributed by atoms with Crippen molar-refractivity contribution in [1.29, 1.82) is 0 Å². The number of hydrogen-bond acceptors (Lipinski definition) is 4. The first kappa shape index (κ1) is 23.2. The number of benzene rings is 1. The van der Waals surface area contributed by atoms with Gasteiger partial charge in [-0.3, -0.25) is 9.78 Å². The van der Waals surface area contributed by atoms with Gasteiger partial charge in [-0.05, 0) is 48.7 Å². The van der Waals surface area contributed by atoms with Crippen molar-refractivity contribution in [2.24, 2.45) is 0 Å². The number of rotatable bonds is 2. The van der Waals surface area contributed by atoms with E-state index in [1.165, 1.54) is 6.42 Å². The molecule has 170 valence electrons. The molecule has 1 fully saturated rings. The topological polar surface area (TPSA) is 108 Å². The molecule has 1 amide bonds. The molecule has 1 aromatic carbocycles. The Morgan fingerprint density at radius 3 is 2.19 bits per heavy atom. The van der Waals surface area contributed by atoms with Crippen LogP contribution in [0.15, 0.2) is 42.6 Å². The number of halogens is 3. The minimum atomic E-state index is -5.08. The molecule has 4 rings (SSSR count). The lowest BCUT2D eigenvalue weighted by atomic mass is 9.70. The second-order valence-electron chi connectivity index (χ2n) is 7.79. The highest BCUT2D eigenvalue weighted by Crippen LogP contribution is 2.49. The number of anilines is 1. The van der Waals surface area contributed by atoms with Gasteiger partial charge in [0.2, 0.25) is 0 Å². The van der Waals surface area contributed by atoms with Crippen LogP contribution in [-0.4, -0.2) is 45.8 Å². The zero-order valence-electron chi connectivity index (χ0n) is 16.9. The molecule has 2 heterocycles. The molecule has 0 atom stereocenters. The van der Waals surface area contributed by atoms with Crippen LogP contribution in [0.3, 0.4) is 0 Å². The van der Waals surface area contributed by atoms with Crippen molar-refractivity contribution in [1.82, 2.24) is 4.98 Å². The van der Waals surface area contributed by atoms with E-state index in [4.69, 9.17) is 9.90 Å². The first-order valence-electron chi connectivity index (χ1n) is 9.96. The van der Waals surface area contributed by atoms with Crippen LogP contribution in [0, 0.1) is 0 Å². The number of hydrogen-bond donors (Lipinski definition) is 2. The average molecular weight is 450 g/mol. The monoisotopic (exact) mass is 450 g/mol. The molecule has 0 unspecified atom stereocenters. The van der Waals surface area contributed by atoms with Gasteiger partial charge in [0.05, 0.1) is 5.56 Å². The van der Waals surface area contributed by atoms with E-state index in [1.54, 1.807) is 47.5 Å². The van der Waals surface area contributed by atoms with E-state index in [0.29, 0.717) is 12.2 Å². The van der Waals surface area contributed by atoms with Crippen molar-refractivity contribution in [3.05, 3.63) is 59.4 Å². The van der Waals surface area contributed by atoms with E-state index < -0.39 is 18.1 Å². The molecule has 0 bridgehead atoms. The summed E-state index contributed by atoms with van der Waals surface area (Å²) in [5.74, 6) is -3.80. The van der Waals surface area contributed by atoms with E-state index in [-0.39, 0.29) is 16.9 Å². The Labute approximate surface area is 181 Å². The summed E-state index contributed by atoms with van der Waals surface area (Å²) in [6, 6.07) is 10.5. The van der Waals surface area contributed by atoms with Gasteiger partial charge in [0.25, 0.3) is 5.91 Å². The van der Waals surface area contributed by atoms with E-state index in [9.17, 15) is 27.9 Å². The molecule has 1 spiro atoms. The number of carboxylic acids is 2. The molecule has 10 heteroatoms. The van der Waals surface area contributed by atoms with Crippen LogP contribution >= 0.6 is 0 Å². The van der Waals surface area contributed by atoms with Crippen molar-refractivity contribution < 1.29 is 37.8 Å². The number of aromatic carboxylic acids is 1. The Balaban J connectivity index is 0.000000360. The van der Waals surface area contributed by atoms with Crippen LogP contribution in [0.2, 0.25) is 0 Å². The predicted octanol–water partition coefficient (Wildman–Crippen LogP) is 4.28. The Bertz CT molecular complexity index is 1020. The Morgan fingerprint density at radius 1 is 1.00 bits per heavy atom. The van der Waals surface area contributed by atoms with Gasteiger partial charge in [-0.1, -0.05) is 25.3 Å². The standard InChI is InChI=1S/C20H20N2O3.C2HF3O2/c23-18(16-6-2-5-11-21-16)22-13-20(9-3-1-4-10-20)15-12-14(19(24)25)7-8-17(15)22;3-2(4,5)1(6)7/h2,5-8,11-12H,1,3-4,9-10,13H2,(H,24,25);(H,6,7). The fourth-order valence-electron chi connectivity index (χ4n) is 4.27. The molecule has 0 saturated heterocycles. The summed E-state index contributed by atoms with van der Waals surface area (Å²) in [5, 5.41) is 16.5. The summed E-state index contributed by atoms with van der Waals surface area (Å²) < 4.78 is 31.7. The van der Waals surface area contributed by atoms with Crippen LogP contribution in [0.1, 0.15) is 58.5 Å². The molecule has 1 saturated carbocycles. The van der Waals surface area contributed by atoms with Crippen LogP contribution in [0.5, 0.6) is 0 Å². The smallest absolute Gasteiger partial charge is 0.478 e. The number of carboxylic acid groups (broad SMARTS) is 2. The molecular weight excluding hydrogens is 429 g/mol. The minimum absolute atomic E-state index is 0.118. The molecule has 2 aliphatic rings. The maximum Gasteiger partial charge on any atom is 0.490 e. The molecule has 1 aromatic heterocycles. The van der Waals surface area contributed by atoms with Gasteiger partial charge in [0.1, 0.15) is 5.69 Å². The summed E-state index contributed by atoms with van der Waals surface area (Å²) >= 11 is 0. The van der Waals surface area contributed by atoms with Crippen molar-refractivity contribution in [2.75, 3.05) is 11.4 Å².